The Labute approximate surface area is 217 Å². The van der Waals surface area contributed by atoms with E-state index in [1.165, 1.54) is 18.0 Å². The zero-order chi connectivity index (χ0) is 24.8. The van der Waals surface area contributed by atoms with E-state index in [9.17, 15) is 4.79 Å². The zero-order valence-corrected chi connectivity index (χ0v) is 21.2. The van der Waals surface area contributed by atoms with Crippen LogP contribution in [0.3, 0.4) is 0 Å². The highest BCUT2D eigenvalue weighted by atomic mass is 35.5. The Bertz CT molecular complexity index is 1340. The van der Waals surface area contributed by atoms with Crippen molar-refractivity contribution in [3.63, 3.8) is 0 Å². The molecule has 178 valence electrons. The largest absolute Gasteiger partial charge is 0.497 e. The number of nitrogens with zero attached hydrogens (tertiary/aromatic N) is 4. The molecule has 0 aliphatic heterocycles. The number of carbonyl (C=O) groups is 1. The van der Waals surface area contributed by atoms with Crippen LogP contribution in [0.1, 0.15) is 11.1 Å². The van der Waals surface area contributed by atoms with Crippen molar-refractivity contribution in [1.29, 1.82) is 0 Å². The van der Waals surface area contributed by atoms with Gasteiger partial charge in [0.15, 0.2) is 11.0 Å². The van der Waals surface area contributed by atoms with Crippen molar-refractivity contribution in [1.82, 2.24) is 20.2 Å². The van der Waals surface area contributed by atoms with Gasteiger partial charge in [-0.2, -0.15) is 5.10 Å². The maximum absolute atomic E-state index is 12.4. The first-order chi connectivity index (χ1) is 17.0. The van der Waals surface area contributed by atoms with Gasteiger partial charge in [0.05, 0.1) is 29.1 Å². The summed E-state index contributed by atoms with van der Waals surface area (Å²) >= 11 is 13.5. The van der Waals surface area contributed by atoms with Crippen LogP contribution in [0.25, 0.3) is 17.1 Å². The van der Waals surface area contributed by atoms with E-state index < -0.39 is 0 Å². The lowest BCUT2D eigenvalue weighted by atomic mass is 10.2. The van der Waals surface area contributed by atoms with E-state index in [1.807, 2.05) is 60.0 Å². The van der Waals surface area contributed by atoms with Crippen molar-refractivity contribution < 1.29 is 9.53 Å². The second-order valence-corrected chi connectivity index (χ2v) is 9.18. The van der Waals surface area contributed by atoms with E-state index in [4.69, 9.17) is 27.9 Å². The number of hydrazone groups is 1. The number of hydrogen-bond acceptors (Lipinski definition) is 6. The van der Waals surface area contributed by atoms with Gasteiger partial charge in [-0.25, -0.2) is 5.43 Å². The molecule has 1 N–H and O–H groups in total. The third kappa shape index (κ3) is 6.03. The smallest absolute Gasteiger partial charge is 0.250 e. The topological polar surface area (TPSA) is 81.4 Å². The number of aromatic nitrogens is 3. The number of hydrogen-bond donors (Lipinski definition) is 1. The Morgan fingerprint density at radius 3 is 2.40 bits per heavy atom. The molecule has 0 spiro atoms. The quantitative estimate of drug-likeness (QED) is 0.178. The molecule has 35 heavy (non-hydrogen) atoms. The highest BCUT2D eigenvalue weighted by molar-refractivity contribution is 7.99. The maximum Gasteiger partial charge on any atom is 0.250 e. The number of aryl methyl sites for hydroxylation is 1. The number of ether oxygens (including phenoxy) is 1. The van der Waals surface area contributed by atoms with E-state index in [-0.39, 0.29) is 11.7 Å². The lowest BCUT2D eigenvalue weighted by Crippen LogP contribution is -2.20. The van der Waals surface area contributed by atoms with Gasteiger partial charge in [0.1, 0.15) is 5.75 Å². The predicted molar refractivity (Wildman–Crippen MR) is 141 cm³/mol. The standard InChI is InChI=1S/C25H21Cl2N5O2S/c1-16-6-10-18(11-7-16)32-24(17-8-12-19(34-2)13-9-17)30-31-25(32)35-15-23(33)29-28-14-20-21(26)4-3-5-22(20)27/h3-14H,15H2,1-2H3,(H,29,33). The van der Waals surface area contributed by atoms with Crippen molar-refractivity contribution in [2.24, 2.45) is 5.10 Å². The van der Waals surface area contributed by atoms with Gasteiger partial charge in [-0.3, -0.25) is 9.36 Å². The van der Waals surface area contributed by atoms with Crippen molar-refractivity contribution in [3.05, 3.63) is 87.9 Å². The molecule has 0 bridgehead atoms. The molecule has 10 heteroatoms. The van der Waals surface area contributed by atoms with Gasteiger partial charge in [0.25, 0.3) is 5.91 Å². The van der Waals surface area contributed by atoms with E-state index in [2.05, 4.69) is 20.7 Å². The van der Waals surface area contributed by atoms with Crippen LogP contribution in [0.2, 0.25) is 10.0 Å². The lowest BCUT2D eigenvalue weighted by molar-refractivity contribution is -0.118. The highest BCUT2D eigenvalue weighted by Crippen LogP contribution is 2.29. The summed E-state index contributed by atoms with van der Waals surface area (Å²) in [5.41, 5.74) is 5.93. The van der Waals surface area contributed by atoms with Gasteiger partial charge >= 0.3 is 0 Å². The summed E-state index contributed by atoms with van der Waals surface area (Å²) < 4.78 is 7.18. The molecule has 3 aromatic carbocycles. The third-order valence-electron chi connectivity index (χ3n) is 4.99. The molecule has 0 aliphatic rings. The SMILES string of the molecule is COc1ccc(-c2nnc(SCC(=O)NN=Cc3c(Cl)cccc3Cl)n2-c2ccc(C)cc2)cc1. The number of nitrogens with one attached hydrogen (secondary N) is 1. The first-order valence-electron chi connectivity index (χ1n) is 10.5. The summed E-state index contributed by atoms with van der Waals surface area (Å²) in [6, 6.07) is 20.7. The number of rotatable bonds is 8. The van der Waals surface area contributed by atoms with Gasteiger partial charge < -0.3 is 4.74 Å². The third-order valence-corrected chi connectivity index (χ3v) is 6.58. The Morgan fingerprint density at radius 2 is 1.74 bits per heavy atom. The van der Waals surface area contributed by atoms with Crippen molar-refractivity contribution in [2.45, 2.75) is 12.1 Å². The fourth-order valence-electron chi connectivity index (χ4n) is 3.18. The molecule has 4 rings (SSSR count). The molecule has 0 saturated carbocycles. The number of methoxy groups -OCH3 is 1. The minimum atomic E-state index is -0.307. The predicted octanol–water partition coefficient (Wildman–Crippen LogP) is 5.80. The fraction of sp³-hybridized carbons (Fsp3) is 0.120. The second-order valence-electron chi connectivity index (χ2n) is 7.42. The number of benzene rings is 3. The van der Waals surface area contributed by atoms with Gasteiger partial charge in [0, 0.05) is 16.8 Å². The molecule has 1 amide bonds. The summed E-state index contributed by atoms with van der Waals surface area (Å²) in [5.74, 6) is 1.19. The minimum Gasteiger partial charge on any atom is -0.497 e. The normalized spacial score (nSPS) is 11.1. The fourth-order valence-corrected chi connectivity index (χ4v) is 4.42. The van der Waals surface area contributed by atoms with Crippen molar-refractivity contribution in [3.8, 4) is 22.8 Å². The molecular weight excluding hydrogens is 505 g/mol. The number of halogens is 2. The monoisotopic (exact) mass is 525 g/mol. The van der Waals surface area contributed by atoms with Crippen LogP contribution in [0.5, 0.6) is 5.75 Å². The van der Waals surface area contributed by atoms with Gasteiger partial charge in [-0.15, -0.1) is 10.2 Å². The number of amides is 1. The average molecular weight is 526 g/mol. The van der Waals surface area contributed by atoms with Gasteiger partial charge in [0.2, 0.25) is 0 Å². The summed E-state index contributed by atoms with van der Waals surface area (Å²) in [6.45, 7) is 2.02. The number of carbonyl (C=O) groups excluding carboxylic acids is 1. The van der Waals surface area contributed by atoms with E-state index in [0.29, 0.717) is 26.6 Å². The first kappa shape index (κ1) is 24.8. The Kier molecular flexibility index (Phi) is 8.07. The van der Waals surface area contributed by atoms with Crippen molar-refractivity contribution in [2.75, 3.05) is 12.9 Å². The summed E-state index contributed by atoms with van der Waals surface area (Å²) in [6.07, 6.45) is 1.42. The van der Waals surface area contributed by atoms with Crippen LogP contribution < -0.4 is 10.2 Å². The van der Waals surface area contributed by atoms with Crippen LogP contribution >= 0.6 is 35.0 Å². The highest BCUT2D eigenvalue weighted by Gasteiger charge is 2.17. The van der Waals surface area contributed by atoms with Gasteiger partial charge in [-0.1, -0.05) is 58.7 Å². The second kappa shape index (κ2) is 11.4. The molecule has 0 unspecified atom stereocenters. The molecule has 4 aromatic rings. The lowest BCUT2D eigenvalue weighted by Gasteiger charge is -2.11. The summed E-state index contributed by atoms with van der Waals surface area (Å²) in [4.78, 5) is 12.4. The minimum absolute atomic E-state index is 0.0835. The Morgan fingerprint density at radius 1 is 1.06 bits per heavy atom. The first-order valence-corrected chi connectivity index (χ1v) is 12.3. The van der Waals surface area contributed by atoms with Crippen LogP contribution in [0, 0.1) is 6.92 Å². The summed E-state index contributed by atoms with van der Waals surface area (Å²) in [5, 5.41) is 14.2. The summed E-state index contributed by atoms with van der Waals surface area (Å²) in [7, 11) is 1.62. The molecule has 0 atom stereocenters. The number of thioether (sulfide) groups is 1. The Balaban J connectivity index is 1.53. The molecular formula is C25H21Cl2N5O2S. The van der Waals surface area contributed by atoms with E-state index >= 15 is 0 Å². The molecule has 7 nitrogen and oxygen atoms in total. The molecule has 1 heterocycles. The van der Waals surface area contributed by atoms with Crippen LogP contribution in [0.15, 0.2) is 77.0 Å². The van der Waals surface area contributed by atoms with E-state index in [1.54, 1.807) is 25.3 Å². The molecule has 0 radical (unpaired) electrons. The van der Waals surface area contributed by atoms with Crippen molar-refractivity contribution >= 4 is 47.1 Å². The van der Waals surface area contributed by atoms with Crippen LogP contribution in [-0.4, -0.2) is 39.7 Å². The Hall–Kier alpha value is -3.33. The van der Waals surface area contributed by atoms with Crippen LogP contribution in [0.4, 0.5) is 0 Å². The molecule has 0 saturated heterocycles. The molecule has 0 aliphatic carbocycles. The molecule has 0 fully saturated rings. The maximum atomic E-state index is 12.4. The average Bonchev–Trinajstić information content (AvgIpc) is 3.29. The molecule has 1 aromatic heterocycles. The van der Waals surface area contributed by atoms with E-state index in [0.717, 1.165) is 22.6 Å². The van der Waals surface area contributed by atoms with Crippen LogP contribution in [-0.2, 0) is 4.79 Å². The zero-order valence-electron chi connectivity index (χ0n) is 18.9. The van der Waals surface area contributed by atoms with Gasteiger partial charge in [-0.05, 0) is 55.5 Å².